The highest BCUT2D eigenvalue weighted by Gasteiger charge is 2.19. The molecule has 1 aromatic carbocycles. The summed E-state index contributed by atoms with van der Waals surface area (Å²) < 4.78 is 55.2. The van der Waals surface area contributed by atoms with Gasteiger partial charge >= 0.3 is 0 Å². The van der Waals surface area contributed by atoms with E-state index in [0.717, 1.165) is 22.3 Å². The summed E-state index contributed by atoms with van der Waals surface area (Å²) in [5, 5.41) is 4.21. The molecule has 0 aliphatic heterocycles. The van der Waals surface area contributed by atoms with Crippen LogP contribution in [-0.2, 0) is 16.6 Å². The maximum absolute atomic E-state index is 13.5. The largest absolute Gasteiger partial charge is 0.271 e. The lowest BCUT2D eigenvalue weighted by molar-refractivity contribution is 0.535. The average molecular weight is 394 g/mol. The highest BCUT2D eigenvalue weighted by atomic mass is 79.9. The molecule has 0 radical (unpaired) electrons. The highest BCUT2D eigenvalue weighted by molar-refractivity contribution is 9.10. The molecule has 0 atom stereocenters. The minimum absolute atomic E-state index is 0.0921. The van der Waals surface area contributed by atoms with Gasteiger partial charge in [-0.3, -0.25) is 4.68 Å². The highest BCUT2D eigenvalue weighted by Crippen LogP contribution is 2.16. The Bertz CT molecular complexity index is 758. The van der Waals surface area contributed by atoms with Gasteiger partial charge in [0, 0.05) is 19.3 Å². The molecule has 0 amide bonds. The number of aryl methyl sites for hydroxylation is 2. The molecule has 22 heavy (non-hydrogen) atoms. The first-order chi connectivity index (χ1) is 10.3. The molecule has 2 aromatic rings. The summed E-state index contributed by atoms with van der Waals surface area (Å²) in [6.45, 7) is 2.44. The van der Waals surface area contributed by atoms with Crippen molar-refractivity contribution in [2.45, 2.75) is 24.8 Å². The van der Waals surface area contributed by atoms with Crippen LogP contribution in [0.25, 0.3) is 0 Å². The predicted octanol–water partition coefficient (Wildman–Crippen LogP) is 2.60. The molecule has 1 aromatic heterocycles. The van der Waals surface area contributed by atoms with Crippen LogP contribution in [0, 0.1) is 18.6 Å². The number of rotatable bonds is 6. The van der Waals surface area contributed by atoms with Crippen LogP contribution in [0.2, 0.25) is 0 Å². The third kappa shape index (κ3) is 4.11. The van der Waals surface area contributed by atoms with Gasteiger partial charge in [-0.2, -0.15) is 5.10 Å². The Kier molecular flexibility index (Phi) is 5.30. The van der Waals surface area contributed by atoms with E-state index < -0.39 is 26.6 Å². The van der Waals surface area contributed by atoms with Crippen LogP contribution in [-0.4, -0.2) is 24.7 Å². The fraction of sp³-hybridized carbons (Fsp3) is 0.308. The number of sulfonamides is 1. The van der Waals surface area contributed by atoms with Gasteiger partial charge in [0.05, 0.1) is 10.2 Å². The number of aromatic nitrogens is 2. The van der Waals surface area contributed by atoms with Crippen LogP contribution in [0.3, 0.4) is 0 Å². The zero-order valence-corrected chi connectivity index (χ0v) is 14.1. The molecule has 1 N–H and O–H groups in total. The molecule has 9 heteroatoms. The van der Waals surface area contributed by atoms with E-state index in [1.165, 1.54) is 0 Å². The van der Waals surface area contributed by atoms with Crippen molar-refractivity contribution in [3.05, 3.63) is 46.2 Å². The number of hydrogen-bond acceptors (Lipinski definition) is 3. The van der Waals surface area contributed by atoms with Gasteiger partial charge in [0.15, 0.2) is 0 Å². The van der Waals surface area contributed by atoms with Gasteiger partial charge in [0.2, 0.25) is 10.0 Å². The lowest BCUT2D eigenvalue weighted by Gasteiger charge is -2.08. The molecule has 0 aliphatic carbocycles. The summed E-state index contributed by atoms with van der Waals surface area (Å²) in [4.78, 5) is -0.690. The molecule has 0 saturated heterocycles. The third-order valence-corrected chi connectivity index (χ3v) is 5.18. The van der Waals surface area contributed by atoms with Crippen LogP contribution >= 0.6 is 15.9 Å². The van der Waals surface area contributed by atoms with Crippen molar-refractivity contribution in [1.82, 2.24) is 14.5 Å². The van der Waals surface area contributed by atoms with E-state index >= 15 is 0 Å². The van der Waals surface area contributed by atoms with Crippen LogP contribution in [0.15, 0.2) is 33.8 Å². The summed E-state index contributed by atoms with van der Waals surface area (Å²) in [5.74, 6) is -1.79. The number of benzene rings is 1. The Hall–Kier alpha value is -1.32. The standard InChI is InChI=1S/C13H14BrF2N3O2S/c1-9-11(14)8-19(18-9)6-2-5-17-22(20,21)13-7-10(15)3-4-12(13)16/h3-4,7-8,17H,2,5-6H2,1H3. The SMILES string of the molecule is Cc1nn(CCCNS(=O)(=O)c2cc(F)ccc2F)cc1Br. The van der Waals surface area contributed by atoms with Crippen LogP contribution < -0.4 is 4.72 Å². The molecule has 120 valence electrons. The molecular formula is C13H14BrF2N3O2S. The molecule has 1 heterocycles. The van der Waals surface area contributed by atoms with E-state index in [1.807, 2.05) is 6.92 Å². The average Bonchev–Trinajstić information content (AvgIpc) is 2.76. The smallest absolute Gasteiger partial charge is 0.243 e. The molecule has 0 unspecified atom stereocenters. The molecule has 0 spiro atoms. The van der Waals surface area contributed by atoms with Crippen molar-refractivity contribution in [2.24, 2.45) is 0 Å². The number of hydrogen-bond donors (Lipinski definition) is 1. The van der Waals surface area contributed by atoms with E-state index in [9.17, 15) is 17.2 Å². The molecule has 5 nitrogen and oxygen atoms in total. The zero-order chi connectivity index (χ0) is 16.3. The monoisotopic (exact) mass is 393 g/mol. The van der Waals surface area contributed by atoms with E-state index in [1.54, 1.807) is 10.9 Å². The van der Waals surface area contributed by atoms with Gasteiger partial charge in [0.1, 0.15) is 16.5 Å². The van der Waals surface area contributed by atoms with Gasteiger partial charge < -0.3 is 0 Å². The Morgan fingerprint density at radius 2 is 2.09 bits per heavy atom. The third-order valence-electron chi connectivity index (χ3n) is 2.93. The molecular weight excluding hydrogens is 380 g/mol. The fourth-order valence-electron chi connectivity index (χ4n) is 1.82. The molecule has 0 bridgehead atoms. The topological polar surface area (TPSA) is 64.0 Å². The Labute approximate surface area is 135 Å². The first kappa shape index (κ1) is 17.0. The first-order valence-electron chi connectivity index (χ1n) is 6.44. The van der Waals surface area contributed by atoms with Crippen LogP contribution in [0.4, 0.5) is 8.78 Å². The number of halogens is 3. The van der Waals surface area contributed by atoms with Crippen molar-refractivity contribution in [3.8, 4) is 0 Å². The van der Waals surface area contributed by atoms with Crippen molar-refractivity contribution >= 4 is 26.0 Å². The maximum Gasteiger partial charge on any atom is 0.243 e. The zero-order valence-electron chi connectivity index (χ0n) is 11.7. The van der Waals surface area contributed by atoms with Crippen LogP contribution in [0.1, 0.15) is 12.1 Å². The van der Waals surface area contributed by atoms with Crippen molar-refractivity contribution in [1.29, 1.82) is 0 Å². The van der Waals surface area contributed by atoms with Gasteiger partial charge in [0.25, 0.3) is 0 Å². The minimum atomic E-state index is -4.07. The van der Waals surface area contributed by atoms with Crippen molar-refractivity contribution in [2.75, 3.05) is 6.54 Å². The summed E-state index contributed by atoms with van der Waals surface area (Å²) in [7, 11) is -4.07. The predicted molar refractivity (Wildman–Crippen MR) is 80.8 cm³/mol. The maximum atomic E-state index is 13.5. The van der Waals surface area contributed by atoms with Crippen molar-refractivity contribution in [3.63, 3.8) is 0 Å². The van der Waals surface area contributed by atoms with E-state index in [4.69, 9.17) is 0 Å². The van der Waals surface area contributed by atoms with E-state index in [2.05, 4.69) is 25.8 Å². The van der Waals surface area contributed by atoms with Crippen LogP contribution in [0.5, 0.6) is 0 Å². The summed E-state index contributed by atoms with van der Waals surface area (Å²) in [5.41, 5.74) is 0.836. The number of nitrogens with zero attached hydrogens (tertiary/aromatic N) is 2. The quantitative estimate of drug-likeness (QED) is 0.767. The number of nitrogens with one attached hydrogen (secondary N) is 1. The molecule has 2 rings (SSSR count). The van der Waals surface area contributed by atoms with E-state index in [-0.39, 0.29) is 6.54 Å². The Morgan fingerprint density at radius 1 is 1.36 bits per heavy atom. The second kappa shape index (κ2) is 6.84. The van der Waals surface area contributed by atoms with Gasteiger partial charge in [-0.05, 0) is 47.5 Å². The molecule has 0 aliphatic rings. The summed E-state index contributed by atoms with van der Waals surface area (Å²) in [6, 6.07) is 2.31. The molecule has 0 fully saturated rings. The summed E-state index contributed by atoms with van der Waals surface area (Å²) in [6.07, 6.45) is 2.25. The Balaban J connectivity index is 1.94. The molecule has 0 saturated carbocycles. The lowest BCUT2D eigenvalue weighted by Crippen LogP contribution is -2.26. The lowest BCUT2D eigenvalue weighted by atomic mass is 10.3. The van der Waals surface area contributed by atoms with Gasteiger partial charge in [-0.1, -0.05) is 0 Å². The second-order valence-electron chi connectivity index (χ2n) is 4.65. The Morgan fingerprint density at radius 3 is 2.73 bits per heavy atom. The van der Waals surface area contributed by atoms with Gasteiger partial charge in [-0.25, -0.2) is 21.9 Å². The van der Waals surface area contributed by atoms with Crippen molar-refractivity contribution < 1.29 is 17.2 Å². The minimum Gasteiger partial charge on any atom is -0.271 e. The van der Waals surface area contributed by atoms with Gasteiger partial charge in [-0.15, -0.1) is 0 Å². The first-order valence-corrected chi connectivity index (χ1v) is 8.71. The normalized spacial score (nSPS) is 11.8. The summed E-state index contributed by atoms with van der Waals surface area (Å²) >= 11 is 3.33. The fourth-order valence-corrected chi connectivity index (χ4v) is 3.29. The second-order valence-corrected chi connectivity index (χ2v) is 7.24. The van der Waals surface area contributed by atoms with E-state index in [0.29, 0.717) is 19.0 Å².